The Balaban J connectivity index is 2.29. The zero-order valence-electron chi connectivity index (χ0n) is 12.7. The van der Waals surface area contributed by atoms with Gasteiger partial charge in [0.05, 0.1) is 20.0 Å². The molecule has 1 unspecified atom stereocenters. The molecule has 0 aromatic heterocycles. The number of carbonyl (C=O) groups is 2. The summed E-state index contributed by atoms with van der Waals surface area (Å²) in [4.78, 5) is 22.7. The summed E-state index contributed by atoms with van der Waals surface area (Å²) in [5.74, 6) is -1.14. The molecule has 0 heterocycles. The van der Waals surface area contributed by atoms with Crippen molar-refractivity contribution in [3.63, 3.8) is 0 Å². The molecule has 1 rings (SSSR count). The molecule has 0 aliphatic carbocycles. The van der Waals surface area contributed by atoms with Gasteiger partial charge < -0.3 is 14.2 Å². The van der Waals surface area contributed by atoms with E-state index in [-0.39, 0.29) is 13.0 Å². The maximum absolute atomic E-state index is 12.2. The predicted molar refractivity (Wildman–Crippen MR) is 73.6 cm³/mol. The Morgan fingerprint density at radius 2 is 1.65 bits per heavy atom. The summed E-state index contributed by atoms with van der Waals surface area (Å²) in [6, 6.07) is 6.79. The summed E-state index contributed by atoms with van der Waals surface area (Å²) in [6.07, 6.45) is -7.64. The fourth-order valence-electron chi connectivity index (χ4n) is 1.48. The van der Waals surface area contributed by atoms with Crippen LogP contribution in [0.3, 0.4) is 0 Å². The van der Waals surface area contributed by atoms with Gasteiger partial charge in [-0.3, -0.25) is 9.59 Å². The lowest BCUT2D eigenvalue weighted by Gasteiger charge is -2.16. The molecule has 0 N–H and O–H groups in total. The molecule has 5 nitrogen and oxygen atoms in total. The van der Waals surface area contributed by atoms with E-state index in [1.54, 1.807) is 24.3 Å². The Morgan fingerprint density at radius 3 is 2.17 bits per heavy atom. The van der Waals surface area contributed by atoms with Crippen LogP contribution in [0.1, 0.15) is 25.3 Å². The Hall–Kier alpha value is -2.25. The first-order valence-corrected chi connectivity index (χ1v) is 6.77. The second kappa shape index (κ2) is 8.40. The van der Waals surface area contributed by atoms with Gasteiger partial charge in [0.25, 0.3) is 0 Å². The third-order valence-corrected chi connectivity index (χ3v) is 2.86. The first-order valence-electron chi connectivity index (χ1n) is 6.77. The van der Waals surface area contributed by atoms with Gasteiger partial charge in [-0.1, -0.05) is 12.1 Å². The molecule has 0 spiro atoms. The molecule has 1 atom stereocenters. The van der Waals surface area contributed by atoms with Gasteiger partial charge in [0.15, 0.2) is 6.10 Å². The monoisotopic (exact) mass is 334 g/mol. The predicted octanol–water partition coefficient (Wildman–Crippen LogP) is 3.01. The van der Waals surface area contributed by atoms with Crippen LogP contribution in [-0.4, -0.2) is 31.3 Å². The Morgan fingerprint density at radius 1 is 1.09 bits per heavy atom. The molecule has 1 aromatic carbocycles. The zero-order valence-corrected chi connectivity index (χ0v) is 12.7. The summed E-state index contributed by atoms with van der Waals surface area (Å²) in [5, 5.41) is 0. The van der Waals surface area contributed by atoms with E-state index in [9.17, 15) is 22.8 Å². The molecule has 23 heavy (non-hydrogen) atoms. The van der Waals surface area contributed by atoms with E-state index in [2.05, 4.69) is 4.74 Å². The van der Waals surface area contributed by atoms with Crippen LogP contribution in [0.25, 0.3) is 0 Å². The van der Waals surface area contributed by atoms with E-state index in [0.29, 0.717) is 11.3 Å². The minimum absolute atomic E-state index is 0.00315. The minimum Gasteiger partial charge on any atom is -0.497 e. The number of halogens is 3. The second-order valence-corrected chi connectivity index (χ2v) is 4.68. The van der Waals surface area contributed by atoms with E-state index < -0.39 is 30.6 Å². The van der Waals surface area contributed by atoms with Gasteiger partial charge in [-0.25, -0.2) is 0 Å². The van der Waals surface area contributed by atoms with E-state index in [1.165, 1.54) is 7.11 Å². The van der Waals surface area contributed by atoms with Crippen LogP contribution < -0.4 is 4.74 Å². The molecule has 0 bridgehead atoms. The van der Waals surface area contributed by atoms with Gasteiger partial charge in [-0.15, -0.1) is 0 Å². The molecule has 1 aromatic rings. The van der Waals surface area contributed by atoms with Crippen molar-refractivity contribution in [1.29, 1.82) is 0 Å². The van der Waals surface area contributed by atoms with Gasteiger partial charge in [0, 0.05) is 0 Å². The Kier molecular flexibility index (Phi) is 6.87. The van der Waals surface area contributed by atoms with Crippen LogP contribution in [0.15, 0.2) is 24.3 Å². The lowest BCUT2D eigenvalue weighted by atomic mass is 10.2. The van der Waals surface area contributed by atoms with E-state index >= 15 is 0 Å². The molecule has 0 saturated carbocycles. The first kappa shape index (κ1) is 18.8. The fourth-order valence-corrected chi connectivity index (χ4v) is 1.48. The van der Waals surface area contributed by atoms with E-state index in [1.807, 2.05) is 0 Å². The average Bonchev–Trinajstić information content (AvgIpc) is 2.50. The molecular weight excluding hydrogens is 317 g/mol. The van der Waals surface area contributed by atoms with Crippen LogP contribution >= 0.6 is 0 Å². The third-order valence-electron chi connectivity index (χ3n) is 2.86. The van der Waals surface area contributed by atoms with E-state index in [4.69, 9.17) is 9.47 Å². The quantitative estimate of drug-likeness (QED) is 0.717. The number of rotatable bonds is 7. The summed E-state index contributed by atoms with van der Waals surface area (Å²) < 4.78 is 50.6. The number of esters is 2. The number of carbonyl (C=O) groups excluding carboxylic acids is 2. The number of hydrogen-bond donors (Lipinski definition) is 0. The molecule has 8 heteroatoms. The van der Waals surface area contributed by atoms with Crippen LogP contribution in [0, 0.1) is 0 Å². The lowest BCUT2D eigenvalue weighted by molar-refractivity contribution is -0.216. The molecule has 0 saturated heterocycles. The minimum atomic E-state index is -4.62. The van der Waals surface area contributed by atoms with Crippen LogP contribution in [0.4, 0.5) is 13.2 Å². The van der Waals surface area contributed by atoms with Crippen molar-refractivity contribution >= 4 is 11.9 Å². The average molecular weight is 334 g/mol. The fraction of sp³-hybridized carbons (Fsp3) is 0.467. The molecule has 128 valence electrons. The van der Waals surface area contributed by atoms with Gasteiger partial charge in [0.1, 0.15) is 12.4 Å². The number of ether oxygens (including phenoxy) is 3. The molecule has 0 fully saturated rings. The number of hydrogen-bond acceptors (Lipinski definition) is 5. The maximum atomic E-state index is 12.2. The summed E-state index contributed by atoms with van der Waals surface area (Å²) >= 11 is 0. The first-order chi connectivity index (χ1) is 10.7. The van der Waals surface area contributed by atoms with Gasteiger partial charge >= 0.3 is 18.1 Å². The second-order valence-electron chi connectivity index (χ2n) is 4.68. The highest BCUT2D eigenvalue weighted by Crippen LogP contribution is 2.22. The highest BCUT2D eigenvalue weighted by atomic mass is 19.4. The van der Waals surface area contributed by atoms with E-state index in [0.717, 1.165) is 6.92 Å². The summed E-state index contributed by atoms with van der Waals surface area (Å²) in [5.41, 5.74) is 0.715. The van der Waals surface area contributed by atoms with Crippen molar-refractivity contribution in [3.05, 3.63) is 29.8 Å². The summed E-state index contributed by atoms with van der Waals surface area (Å²) in [6.45, 7) is 0.719. The van der Waals surface area contributed by atoms with Crippen molar-refractivity contribution in [2.24, 2.45) is 0 Å². The van der Waals surface area contributed by atoms with Crippen molar-refractivity contribution < 1.29 is 37.0 Å². The highest BCUT2D eigenvalue weighted by Gasteiger charge is 2.39. The number of methoxy groups -OCH3 is 1. The molecule has 0 amide bonds. The largest absolute Gasteiger partial charge is 0.497 e. The Bertz CT molecular complexity index is 525. The van der Waals surface area contributed by atoms with Crippen molar-refractivity contribution in [2.75, 3.05) is 7.11 Å². The van der Waals surface area contributed by atoms with Crippen molar-refractivity contribution in [1.82, 2.24) is 0 Å². The van der Waals surface area contributed by atoms with Gasteiger partial charge in [-0.05, 0) is 24.6 Å². The topological polar surface area (TPSA) is 61.8 Å². The normalized spacial score (nSPS) is 12.4. The molecular formula is C15H17F3O5. The number of benzene rings is 1. The van der Waals surface area contributed by atoms with Crippen molar-refractivity contribution in [3.8, 4) is 5.75 Å². The molecule has 0 radical (unpaired) electrons. The highest BCUT2D eigenvalue weighted by molar-refractivity contribution is 5.77. The lowest BCUT2D eigenvalue weighted by Crippen LogP contribution is -2.31. The zero-order chi connectivity index (χ0) is 17.5. The maximum Gasteiger partial charge on any atom is 0.425 e. The molecule has 0 aliphatic rings. The van der Waals surface area contributed by atoms with Gasteiger partial charge in [0.2, 0.25) is 0 Å². The third kappa shape index (κ3) is 7.03. The van der Waals surface area contributed by atoms with Crippen molar-refractivity contribution in [2.45, 2.75) is 38.7 Å². The van der Waals surface area contributed by atoms with Crippen LogP contribution in [0.5, 0.6) is 5.75 Å². The SMILES string of the molecule is COc1ccc(COC(=O)CCC(=O)OC(C)C(F)(F)F)cc1. The van der Waals surface area contributed by atoms with Gasteiger partial charge in [-0.2, -0.15) is 13.2 Å². The van der Waals surface area contributed by atoms with Crippen LogP contribution in [-0.2, 0) is 25.7 Å². The Labute approximate surface area is 131 Å². The standard InChI is InChI=1S/C15H17F3O5/c1-10(15(16,17)18)23-14(20)8-7-13(19)22-9-11-3-5-12(21-2)6-4-11/h3-6,10H,7-9H2,1-2H3. The summed E-state index contributed by atoms with van der Waals surface area (Å²) in [7, 11) is 1.52. The number of alkyl halides is 3. The smallest absolute Gasteiger partial charge is 0.425 e. The van der Waals surface area contributed by atoms with Crippen LogP contribution in [0.2, 0.25) is 0 Å². The molecule has 0 aliphatic heterocycles.